The molecule has 1 aliphatic carbocycles. The smallest absolute Gasteiger partial charge is 0.238 e. The van der Waals surface area contributed by atoms with Crippen molar-refractivity contribution in [1.82, 2.24) is 10.2 Å². The van der Waals surface area contributed by atoms with Crippen molar-refractivity contribution >= 4 is 17.5 Å². The Morgan fingerprint density at radius 3 is 1.91 bits per heavy atom. The zero-order valence-electron chi connectivity index (χ0n) is 20.0. The van der Waals surface area contributed by atoms with Crippen molar-refractivity contribution in [2.75, 3.05) is 18.4 Å². The van der Waals surface area contributed by atoms with Gasteiger partial charge in [-0.25, -0.2) is 0 Å². The molecule has 0 bridgehead atoms. The number of hydrogen-bond acceptors (Lipinski definition) is 3. The van der Waals surface area contributed by atoms with Crippen molar-refractivity contribution in [2.45, 2.75) is 45.2 Å². The molecule has 0 aromatic heterocycles. The molecule has 0 unspecified atom stereocenters. The van der Waals surface area contributed by atoms with Crippen molar-refractivity contribution in [2.24, 2.45) is 0 Å². The second-order valence-electron chi connectivity index (χ2n) is 9.09. The molecule has 3 aromatic carbocycles. The molecule has 1 aliphatic rings. The zero-order chi connectivity index (χ0) is 23.9. The van der Waals surface area contributed by atoms with Crippen molar-refractivity contribution in [1.29, 1.82) is 0 Å². The van der Waals surface area contributed by atoms with Gasteiger partial charge in [0.1, 0.15) is 0 Å². The summed E-state index contributed by atoms with van der Waals surface area (Å²) in [6.45, 7) is 4.86. The Labute approximate surface area is 202 Å². The van der Waals surface area contributed by atoms with E-state index in [0.717, 1.165) is 40.8 Å². The van der Waals surface area contributed by atoms with E-state index < -0.39 is 0 Å². The summed E-state index contributed by atoms with van der Waals surface area (Å²) in [6.07, 6.45) is 2.51. The predicted molar refractivity (Wildman–Crippen MR) is 137 cm³/mol. The molecule has 2 N–H and O–H groups in total. The van der Waals surface area contributed by atoms with Crippen LogP contribution in [0.3, 0.4) is 0 Å². The van der Waals surface area contributed by atoms with Gasteiger partial charge < -0.3 is 10.6 Å². The lowest BCUT2D eigenvalue weighted by atomic mass is 9.98. The first kappa shape index (κ1) is 23.7. The van der Waals surface area contributed by atoms with Crippen molar-refractivity contribution in [3.8, 4) is 0 Å². The van der Waals surface area contributed by atoms with Gasteiger partial charge in [0.2, 0.25) is 11.8 Å². The van der Waals surface area contributed by atoms with Crippen LogP contribution in [0.15, 0.2) is 78.9 Å². The minimum Gasteiger partial charge on any atom is -0.345 e. The molecule has 0 radical (unpaired) electrons. The fourth-order valence-corrected chi connectivity index (χ4v) is 4.33. The third-order valence-electron chi connectivity index (χ3n) is 6.35. The molecule has 0 atom stereocenters. The molecule has 176 valence electrons. The first-order chi connectivity index (χ1) is 16.5. The lowest BCUT2D eigenvalue weighted by Gasteiger charge is -2.23. The number of nitrogens with one attached hydrogen (secondary N) is 2. The first-order valence-corrected chi connectivity index (χ1v) is 12.0. The van der Waals surface area contributed by atoms with Gasteiger partial charge in [-0.05, 0) is 48.9 Å². The number of anilines is 1. The monoisotopic (exact) mass is 455 g/mol. The molecule has 0 heterocycles. The highest BCUT2D eigenvalue weighted by molar-refractivity contribution is 5.93. The van der Waals surface area contributed by atoms with Crippen LogP contribution in [0.4, 0.5) is 5.69 Å². The van der Waals surface area contributed by atoms with Crippen LogP contribution < -0.4 is 10.6 Å². The number of carbonyl (C=O) groups excluding carboxylic acids is 2. The van der Waals surface area contributed by atoms with Crippen LogP contribution in [0, 0.1) is 13.8 Å². The van der Waals surface area contributed by atoms with Crippen LogP contribution in [0.2, 0.25) is 0 Å². The van der Waals surface area contributed by atoms with Crippen molar-refractivity contribution in [3.05, 3.63) is 101 Å². The number of amides is 2. The molecular weight excluding hydrogens is 422 g/mol. The van der Waals surface area contributed by atoms with Gasteiger partial charge in [0, 0.05) is 24.7 Å². The summed E-state index contributed by atoms with van der Waals surface area (Å²) >= 11 is 0. The third-order valence-corrected chi connectivity index (χ3v) is 6.35. The molecular formula is C29H33N3O2. The van der Waals surface area contributed by atoms with Gasteiger partial charge in [0.05, 0.1) is 12.6 Å². The van der Waals surface area contributed by atoms with Crippen LogP contribution in [0.1, 0.15) is 47.6 Å². The quantitative estimate of drug-likeness (QED) is 0.452. The highest BCUT2D eigenvalue weighted by Gasteiger charge is 2.30. The molecule has 1 saturated carbocycles. The lowest BCUT2D eigenvalue weighted by Crippen LogP contribution is -2.38. The summed E-state index contributed by atoms with van der Waals surface area (Å²) < 4.78 is 0. The van der Waals surface area contributed by atoms with Crippen molar-refractivity contribution < 1.29 is 9.59 Å². The third kappa shape index (κ3) is 6.33. The highest BCUT2D eigenvalue weighted by Crippen LogP contribution is 2.27. The Kier molecular flexibility index (Phi) is 7.76. The zero-order valence-corrected chi connectivity index (χ0v) is 20.0. The van der Waals surface area contributed by atoms with E-state index >= 15 is 0 Å². The van der Waals surface area contributed by atoms with Gasteiger partial charge in [-0.2, -0.15) is 0 Å². The summed E-state index contributed by atoms with van der Waals surface area (Å²) in [5.74, 6) is -0.0466. The van der Waals surface area contributed by atoms with Gasteiger partial charge in [-0.1, -0.05) is 78.9 Å². The van der Waals surface area contributed by atoms with Crippen LogP contribution in [-0.4, -0.2) is 35.8 Å². The fraction of sp³-hybridized carbons (Fsp3) is 0.310. The van der Waals surface area contributed by atoms with E-state index in [1.165, 1.54) is 0 Å². The van der Waals surface area contributed by atoms with E-state index in [1.807, 2.05) is 92.7 Å². The van der Waals surface area contributed by atoms with E-state index in [1.54, 1.807) is 0 Å². The molecule has 1 fully saturated rings. The summed E-state index contributed by atoms with van der Waals surface area (Å²) in [7, 11) is 0. The second kappa shape index (κ2) is 11.1. The average molecular weight is 456 g/mol. The molecule has 5 heteroatoms. The minimum absolute atomic E-state index is 0.0153. The van der Waals surface area contributed by atoms with Crippen LogP contribution in [0.5, 0.6) is 0 Å². The van der Waals surface area contributed by atoms with E-state index in [4.69, 9.17) is 0 Å². The van der Waals surface area contributed by atoms with Crippen LogP contribution >= 0.6 is 0 Å². The molecule has 3 aromatic rings. The molecule has 0 spiro atoms. The molecule has 5 nitrogen and oxygen atoms in total. The first-order valence-electron chi connectivity index (χ1n) is 12.0. The predicted octanol–water partition coefficient (Wildman–Crippen LogP) is 5.00. The summed E-state index contributed by atoms with van der Waals surface area (Å²) in [4.78, 5) is 27.9. The highest BCUT2D eigenvalue weighted by atomic mass is 16.2. The fourth-order valence-electron chi connectivity index (χ4n) is 4.33. The number of hydrogen-bond donors (Lipinski definition) is 2. The molecule has 0 aliphatic heterocycles. The van der Waals surface area contributed by atoms with E-state index in [-0.39, 0.29) is 17.9 Å². The molecule has 0 saturated heterocycles. The van der Waals surface area contributed by atoms with Gasteiger partial charge in [-0.3, -0.25) is 14.5 Å². The number of aryl methyl sites for hydroxylation is 2. The maximum absolute atomic E-state index is 13.0. The maximum Gasteiger partial charge on any atom is 0.238 e. The Morgan fingerprint density at radius 1 is 0.824 bits per heavy atom. The Balaban J connectivity index is 1.36. The van der Waals surface area contributed by atoms with Gasteiger partial charge in [0.15, 0.2) is 0 Å². The topological polar surface area (TPSA) is 61.4 Å². The number of nitrogens with zero attached hydrogens (tertiary/aromatic N) is 1. The van der Waals surface area contributed by atoms with Crippen molar-refractivity contribution in [3.63, 3.8) is 0 Å². The van der Waals surface area contributed by atoms with Gasteiger partial charge >= 0.3 is 0 Å². The molecule has 34 heavy (non-hydrogen) atoms. The summed E-state index contributed by atoms with van der Waals surface area (Å²) in [5, 5.41) is 6.28. The summed E-state index contributed by atoms with van der Waals surface area (Å²) in [6, 6.07) is 26.2. The van der Waals surface area contributed by atoms with Gasteiger partial charge in [0.25, 0.3) is 0 Å². The maximum atomic E-state index is 13.0. The average Bonchev–Trinajstić information content (AvgIpc) is 3.69. The van der Waals surface area contributed by atoms with Crippen LogP contribution in [-0.2, 0) is 9.59 Å². The van der Waals surface area contributed by atoms with E-state index in [9.17, 15) is 9.59 Å². The lowest BCUT2D eigenvalue weighted by molar-refractivity contribution is -0.123. The number of para-hydroxylation sites is 1. The normalized spacial score (nSPS) is 13.2. The Morgan fingerprint density at radius 2 is 1.38 bits per heavy atom. The van der Waals surface area contributed by atoms with Crippen LogP contribution in [0.25, 0.3) is 0 Å². The standard InChI is InChI=1S/C29H33N3O2/c1-21-10-9-11-22(2)28(21)31-27(34)20-32(25-16-17-25)19-18-26(33)30-29(23-12-5-3-6-13-23)24-14-7-4-8-15-24/h3-15,25,29H,16-20H2,1-2H3,(H,30,33)(H,31,34). The second-order valence-corrected chi connectivity index (χ2v) is 9.09. The number of carbonyl (C=O) groups is 2. The Hall–Kier alpha value is -3.44. The largest absolute Gasteiger partial charge is 0.345 e. The SMILES string of the molecule is Cc1cccc(C)c1NC(=O)CN(CCC(=O)NC(c1ccccc1)c1ccccc1)C1CC1. The van der Waals surface area contributed by atoms with Gasteiger partial charge in [-0.15, -0.1) is 0 Å². The van der Waals surface area contributed by atoms with E-state index in [0.29, 0.717) is 25.6 Å². The van der Waals surface area contributed by atoms with E-state index in [2.05, 4.69) is 15.5 Å². The molecule has 4 rings (SSSR count). The molecule has 2 amide bonds. The Bertz CT molecular complexity index is 1050. The minimum atomic E-state index is -0.198. The number of benzene rings is 3. The summed E-state index contributed by atoms with van der Waals surface area (Å²) in [5.41, 5.74) is 5.09. The number of rotatable bonds is 10.